The zero-order valence-corrected chi connectivity index (χ0v) is 11.8. The molecule has 0 saturated carbocycles. The predicted octanol–water partition coefficient (Wildman–Crippen LogP) is 3.49. The van der Waals surface area contributed by atoms with Crippen molar-refractivity contribution >= 4 is 11.8 Å². The van der Waals surface area contributed by atoms with Crippen molar-refractivity contribution in [2.24, 2.45) is 0 Å². The van der Waals surface area contributed by atoms with Crippen LogP contribution in [-0.2, 0) is 4.74 Å². The summed E-state index contributed by atoms with van der Waals surface area (Å²) in [6.07, 6.45) is 3.19. The standard InChI is InChI=1S/C14H23NOS/c1-4-10-16-11-13(15-5-2)12-8-6-7-9-14(12)17-3/h6-9,13,15H,4-5,10-11H2,1-3H3. The molecule has 0 aliphatic heterocycles. The number of thioether (sulfide) groups is 1. The van der Waals surface area contributed by atoms with Crippen LogP contribution in [0.1, 0.15) is 31.9 Å². The van der Waals surface area contributed by atoms with Crippen molar-refractivity contribution in [3.63, 3.8) is 0 Å². The van der Waals surface area contributed by atoms with Gasteiger partial charge >= 0.3 is 0 Å². The molecule has 0 spiro atoms. The Kier molecular flexibility index (Phi) is 7.33. The number of ether oxygens (including phenoxy) is 1. The Morgan fingerprint density at radius 2 is 2.06 bits per heavy atom. The van der Waals surface area contributed by atoms with Crippen molar-refractivity contribution in [3.8, 4) is 0 Å². The van der Waals surface area contributed by atoms with E-state index >= 15 is 0 Å². The highest BCUT2D eigenvalue weighted by molar-refractivity contribution is 7.98. The molecule has 0 aliphatic carbocycles. The first-order valence-electron chi connectivity index (χ1n) is 6.27. The SMILES string of the molecule is CCCOCC(NCC)c1ccccc1SC. The number of hydrogen-bond acceptors (Lipinski definition) is 3. The highest BCUT2D eigenvalue weighted by Crippen LogP contribution is 2.25. The number of nitrogens with one attached hydrogen (secondary N) is 1. The van der Waals surface area contributed by atoms with Crippen LogP contribution in [0, 0.1) is 0 Å². The van der Waals surface area contributed by atoms with Crippen LogP contribution in [0.5, 0.6) is 0 Å². The molecule has 2 nitrogen and oxygen atoms in total. The lowest BCUT2D eigenvalue weighted by atomic mass is 10.1. The van der Waals surface area contributed by atoms with Gasteiger partial charge in [-0.05, 0) is 30.9 Å². The van der Waals surface area contributed by atoms with E-state index in [1.54, 1.807) is 11.8 Å². The Morgan fingerprint density at radius 1 is 1.29 bits per heavy atom. The fraction of sp³-hybridized carbons (Fsp3) is 0.571. The molecule has 0 saturated heterocycles. The predicted molar refractivity (Wildman–Crippen MR) is 75.8 cm³/mol. The van der Waals surface area contributed by atoms with Crippen LogP contribution in [-0.4, -0.2) is 26.0 Å². The van der Waals surface area contributed by atoms with E-state index in [1.807, 2.05) is 0 Å². The molecule has 1 rings (SSSR count). The monoisotopic (exact) mass is 253 g/mol. The molecule has 3 heteroatoms. The van der Waals surface area contributed by atoms with Crippen molar-refractivity contribution in [3.05, 3.63) is 29.8 Å². The van der Waals surface area contributed by atoms with E-state index < -0.39 is 0 Å². The molecule has 1 aromatic rings. The second-order valence-electron chi connectivity index (χ2n) is 3.93. The first-order chi connectivity index (χ1) is 8.33. The Morgan fingerprint density at radius 3 is 2.71 bits per heavy atom. The van der Waals surface area contributed by atoms with E-state index in [-0.39, 0.29) is 0 Å². The van der Waals surface area contributed by atoms with E-state index in [9.17, 15) is 0 Å². The number of likely N-dealkylation sites (N-methyl/N-ethyl adjacent to an activating group) is 1. The van der Waals surface area contributed by atoms with Crippen LogP contribution in [0.2, 0.25) is 0 Å². The topological polar surface area (TPSA) is 21.3 Å². The Bertz CT molecular complexity index is 317. The number of benzene rings is 1. The van der Waals surface area contributed by atoms with Crippen LogP contribution in [0.25, 0.3) is 0 Å². The van der Waals surface area contributed by atoms with Gasteiger partial charge in [0, 0.05) is 11.5 Å². The lowest BCUT2D eigenvalue weighted by Crippen LogP contribution is -2.26. The number of hydrogen-bond donors (Lipinski definition) is 1. The minimum atomic E-state index is 0.301. The Labute approximate surface area is 109 Å². The maximum Gasteiger partial charge on any atom is 0.0661 e. The summed E-state index contributed by atoms with van der Waals surface area (Å²) in [5, 5.41) is 3.49. The van der Waals surface area contributed by atoms with Gasteiger partial charge in [0.05, 0.1) is 12.6 Å². The average molecular weight is 253 g/mol. The van der Waals surface area contributed by atoms with Gasteiger partial charge in [-0.2, -0.15) is 0 Å². The summed E-state index contributed by atoms with van der Waals surface area (Å²) in [5.41, 5.74) is 1.35. The van der Waals surface area contributed by atoms with E-state index in [0.717, 1.165) is 26.2 Å². The van der Waals surface area contributed by atoms with Gasteiger partial charge in [-0.1, -0.05) is 32.0 Å². The third-order valence-electron chi connectivity index (χ3n) is 2.60. The zero-order valence-electron chi connectivity index (χ0n) is 11.0. The van der Waals surface area contributed by atoms with Crippen LogP contribution in [0.3, 0.4) is 0 Å². The zero-order chi connectivity index (χ0) is 12.5. The fourth-order valence-corrected chi connectivity index (χ4v) is 2.47. The summed E-state index contributed by atoms with van der Waals surface area (Å²) in [4.78, 5) is 1.33. The summed E-state index contributed by atoms with van der Waals surface area (Å²) in [7, 11) is 0. The van der Waals surface area contributed by atoms with Gasteiger partial charge in [-0.25, -0.2) is 0 Å². The normalized spacial score (nSPS) is 12.6. The summed E-state index contributed by atoms with van der Waals surface area (Å²) in [6, 6.07) is 8.85. The smallest absolute Gasteiger partial charge is 0.0661 e. The van der Waals surface area contributed by atoms with Gasteiger partial charge < -0.3 is 10.1 Å². The quantitative estimate of drug-likeness (QED) is 0.566. The molecule has 0 amide bonds. The summed E-state index contributed by atoms with van der Waals surface area (Å²) < 4.78 is 5.68. The molecule has 1 N–H and O–H groups in total. The summed E-state index contributed by atoms with van der Waals surface area (Å²) in [6.45, 7) is 6.82. The molecule has 1 aromatic carbocycles. The van der Waals surface area contributed by atoms with E-state index in [4.69, 9.17) is 4.74 Å². The second kappa shape index (κ2) is 8.56. The molecule has 0 aromatic heterocycles. The molecule has 1 unspecified atom stereocenters. The van der Waals surface area contributed by atoms with Gasteiger partial charge in [0.2, 0.25) is 0 Å². The van der Waals surface area contributed by atoms with E-state index in [1.165, 1.54) is 10.5 Å². The largest absolute Gasteiger partial charge is 0.379 e. The Hall–Kier alpha value is -0.510. The molecular formula is C14H23NOS. The molecule has 17 heavy (non-hydrogen) atoms. The molecule has 0 aliphatic rings. The van der Waals surface area contributed by atoms with Crippen LogP contribution in [0.4, 0.5) is 0 Å². The highest BCUT2D eigenvalue weighted by atomic mass is 32.2. The maximum absolute atomic E-state index is 5.68. The first kappa shape index (κ1) is 14.6. The molecule has 1 atom stereocenters. The average Bonchev–Trinajstić information content (AvgIpc) is 2.38. The number of rotatable bonds is 8. The van der Waals surface area contributed by atoms with Gasteiger partial charge in [-0.3, -0.25) is 0 Å². The lowest BCUT2D eigenvalue weighted by molar-refractivity contribution is 0.112. The minimum absolute atomic E-state index is 0.301. The van der Waals surface area contributed by atoms with Crippen molar-refractivity contribution in [1.29, 1.82) is 0 Å². The van der Waals surface area contributed by atoms with Gasteiger partial charge in [0.15, 0.2) is 0 Å². The molecule has 0 fully saturated rings. The van der Waals surface area contributed by atoms with Crippen LogP contribution in [0.15, 0.2) is 29.2 Å². The lowest BCUT2D eigenvalue weighted by Gasteiger charge is -2.20. The molecular weight excluding hydrogens is 230 g/mol. The summed E-state index contributed by atoms with van der Waals surface area (Å²) >= 11 is 1.79. The third-order valence-corrected chi connectivity index (χ3v) is 3.41. The fourth-order valence-electron chi connectivity index (χ4n) is 1.80. The van der Waals surface area contributed by atoms with Gasteiger partial charge in [0.1, 0.15) is 0 Å². The van der Waals surface area contributed by atoms with Crippen molar-refractivity contribution in [2.45, 2.75) is 31.2 Å². The van der Waals surface area contributed by atoms with Gasteiger partial charge in [-0.15, -0.1) is 11.8 Å². The van der Waals surface area contributed by atoms with Crippen molar-refractivity contribution in [1.82, 2.24) is 5.32 Å². The third kappa shape index (κ3) is 4.70. The second-order valence-corrected chi connectivity index (χ2v) is 4.78. The summed E-state index contributed by atoms with van der Waals surface area (Å²) in [5.74, 6) is 0. The maximum atomic E-state index is 5.68. The first-order valence-corrected chi connectivity index (χ1v) is 7.50. The minimum Gasteiger partial charge on any atom is -0.379 e. The highest BCUT2D eigenvalue weighted by Gasteiger charge is 2.13. The molecule has 0 bridgehead atoms. The van der Waals surface area contributed by atoms with Crippen LogP contribution < -0.4 is 5.32 Å². The molecule has 0 heterocycles. The van der Waals surface area contributed by atoms with E-state index in [2.05, 4.69) is 49.7 Å². The van der Waals surface area contributed by atoms with Crippen molar-refractivity contribution < 1.29 is 4.74 Å². The molecule has 0 radical (unpaired) electrons. The Balaban J connectivity index is 2.73. The van der Waals surface area contributed by atoms with Crippen LogP contribution >= 0.6 is 11.8 Å². The van der Waals surface area contributed by atoms with Gasteiger partial charge in [0.25, 0.3) is 0 Å². The molecule has 96 valence electrons. The van der Waals surface area contributed by atoms with Crippen molar-refractivity contribution in [2.75, 3.05) is 26.0 Å². The van der Waals surface area contributed by atoms with E-state index in [0.29, 0.717) is 6.04 Å².